The smallest absolute Gasteiger partial charge is 0.272 e. The third-order valence-electron chi connectivity index (χ3n) is 2.60. The monoisotopic (exact) mass is 222 g/mol. The Labute approximate surface area is 93.7 Å². The number of rotatable bonds is 4. The molecule has 0 N–H and O–H groups in total. The highest BCUT2D eigenvalue weighted by atomic mass is 16.7. The molecule has 2 rings (SSSR count). The summed E-state index contributed by atoms with van der Waals surface area (Å²) in [6.07, 6.45) is -0.0537. The van der Waals surface area contributed by atoms with E-state index >= 15 is 0 Å². The number of benzene rings is 1. The zero-order chi connectivity index (χ0) is 11.7. The third-order valence-corrected chi connectivity index (χ3v) is 2.60. The van der Waals surface area contributed by atoms with E-state index < -0.39 is 0 Å². The lowest BCUT2D eigenvalue weighted by molar-refractivity contribution is -0.385. The van der Waals surface area contributed by atoms with E-state index in [1.54, 1.807) is 13.0 Å². The van der Waals surface area contributed by atoms with E-state index in [2.05, 4.69) is 0 Å². The van der Waals surface area contributed by atoms with E-state index in [4.69, 9.17) is 4.84 Å². The predicted octanol–water partition coefficient (Wildman–Crippen LogP) is 2.21. The predicted molar refractivity (Wildman–Crippen MR) is 58.9 cm³/mol. The van der Waals surface area contributed by atoms with Gasteiger partial charge in [0, 0.05) is 24.7 Å². The Morgan fingerprint density at radius 2 is 2.19 bits per heavy atom. The molecule has 1 aromatic carbocycles. The van der Waals surface area contributed by atoms with E-state index in [0.717, 1.165) is 18.7 Å². The van der Waals surface area contributed by atoms with Crippen LogP contribution in [-0.4, -0.2) is 23.1 Å². The average molecular weight is 222 g/mol. The second-order valence-electron chi connectivity index (χ2n) is 3.98. The first kappa shape index (κ1) is 11.0. The topological polar surface area (TPSA) is 55.4 Å². The fourth-order valence-electron chi connectivity index (χ4n) is 1.57. The van der Waals surface area contributed by atoms with E-state index in [9.17, 15) is 10.1 Å². The normalized spacial score (nSPS) is 17.1. The van der Waals surface area contributed by atoms with Crippen LogP contribution in [-0.2, 0) is 4.84 Å². The molecule has 16 heavy (non-hydrogen) atoms. The Bertz CT molecular complexity index is 416. The van der Waals surface area contributed by atoms with E-state index in [-0.39, 0.29) is 16.7 Å². The van der Waals surface area contributed by atoms with Gasteiger partial charge in [0.1, 0.15) is 6.10 Å². The van der Waals surface area contributed by atoms with E-state index in [0.29, 0.717) is 5.56 Å². The van der Waals surface area contributed by atoms with Crippen molar-refractivity contribution in [3.8, 4) is 0 Å². The lowest BCUT2D eigenvalue weighted by atomic mass is 10.1. The maximum Gasteiger partial charge on any atom is 0.272 e. The van der Waals surface area contributed by atoms with Gasteiger partial charge in [-0.1, -0.05) is 0 Å². The molecule has 1 atom stereocenters. The minimum atomic E-state index is -0.366. The number of nitro groups is 1. The molecular weight excluding hydrogens is 208 g/mol. The fourth-order valence-corrected chi connectivity index (χ4v) is 1.57. The number of hydrogen-bond acceptors (Lipinski definition) is 4. The largest absolute Gasteiger partial charge is 0.291 e. The highest BCUT2D eigenvalue weighted by Crippen LogP contribution is 2.26. The lowest BCUT2D eigenvalue weighted by Gasteiger charge is -2.13. The molecule has 1 aliphatic rings. The Balaban J connectivity index is 2.15. The second-order valence-corrected chi connectivity index (χ2v) is 3.98. The van der Waals surface area contributed by atoms with Gasteiger partial charge in [-0.15, -0.1) is 0 Å². The summed E-state index contributed by atoms with van der Waals surface area (Å²) in [6.45, 7) is 5.62. The Kier molecular flexibility index (Phi) is 2.89. The molecule has 0 amide bonds. The first-order chi connectivity index (χ1) is 7.58. The molecule has 1 aromatic rings. The number of hydroxylamine groups is 2. The summed E-state index contributed by atoms with van der Waals surface area (Å²) in [4.78, 5) is 15.9. The molecule has 5 heteroatoms. The summed E-state index contributed by atoms with van der Waals surface area (Å²) in [5, 5.41) is 12.5. The van der Waals surface area contributed by atoms with Crippen molar-refractivity contribution >= 4 is 5.69 Å². The summed E-state index contributed by atoms with van der Waals surface area (Å²) in [7, 11) is 0. The number of hydrogen-bond donors (Lipinski definition) is 0. The van der Waals surface area contributed by atoms with Gasteiger partial charge in [0.2, 0.25) is 0 Å². The van der Waals surface area contributed by atoms with Crippen molar-refractivity contribution < 1.29 is 9.76 Å². The lowest BCUT2D eigenvalue weighted by Crippen LogP contribution is -2.05. The average Bonchev–Trinajstić information content (AvgIpc) is 3.00. The van der Waals surface area contributed by atoms with Gasteiger partial charge < -0.3 is 0 Å². The van der Waals surface area contributed by atoms with Crippen molar-refractivity contribution in [2.45, 2.75) is 20.0 Å². The van der Waals surface area contributed by atoms with Crippen LogP contribution in [0.1, 0.15) is 24.2 Å². The van der Waals surface area contributed by atoms with Gasteiger partial charge in [0.15, 0.2) is 0 Å². The van der Waals surface area contributed by atoms with Gasteiger partial charge in [-0.25, -0.2) is 0 Å². The minimum Gasteiger partial charge on any atom is -0.291 e. The molecule has 1 aliphatic heterocycles. The van der Waals surface area contributed by atoms with Gasteiger partial charge in [-0.3, -0.25) is 15.0 Å². The molecule has 0 aliphatic carbocycles. The van der Waals surface area contributed by atoms with Gasteiger partial charge in [0.05, 0.1) is 4.92 Å². The molecular formula is C11H14N2O3. The van der Waals surface area contributed by atoms with Crippen molar-refractivity contribution in [3.63, 3.8) is 0 Å². The summed E-state index contributed by atoms with van der Waals surface area (Å²) >= 11 is 0. The standard InChI is InChI=1S/C11H14N2O3/c1-8-7-10(3-4-11(8)13(14)15)9(2)16-12-5-6-12/h3-4,7,9H,5-6H2,1-2H3. The van der Waals surface area contributed by atoms with Crippen LogP contribution in [0.2, 0.25) is 0 Å². The Hall–Kier alpha value is -1.46. The van der Waals surface area contributed by atoms with Gasteiger partial charge in [0.25, 0.3) is 5.69 Å². The molecule has 0 bridgehead atoms. The highest BCUT2D eigenvalue weighted by Gasteiger charge is 2.22. The van der Waals surface area contributed by atoms with Crippen molar-refractivity contribution in [2.24, 2.45) is 0 Å². The Morgan fingerprint density at radius 3 is 2.69 bits per heavy atom. The van der Waals surface area contributed by atoms with E-state index in [1.165, 1.54) is 6.07 Å². The van der Waals surface area contributed by atoms with Crippen LogP contribution in [0, 0.1) is 17.0 Å². The van der Waals surface area contributed by atoms with Crippen LogP contribution in [0.3, 0.4) is 0 Å². The Morgan fingerprint density at radius 1 is 1.50 bits per heavy atom. The third kappa shape index (κ3) is 2.37. The van der Waals surface area contributed by atoms with Crippen LogP contribution < -0.4 is 0 Å². The summed E-state index contributed by atoms with van der Waals surface area (Å²) in [6, 6.07) is 5.10. The van der Waals surface area contributed by atoms with Crippen LogP contribution in [0.5, 0.6) is 0 Å². The molecule has 0 spiro atoms. The highest BCUT2D eigenvalue weighted by molar-refractivity contribution is 5.42. The van der Waals surface area contributed by atoms with Gasteiger partial charge in [-0.05, 0) is 31.5 Å². The van der Waals surface area contributed by atoms with Crippen molar-refractivity contribution in [3.05, 3.63) is 39.4 Å². The molecule has 5 nitrogen and oxygen atoms in total. The molecule has 1 heterocycles. The van der Waals surface area contributed by atoms with Crippen molar-refractivity contribution in [1.29, 1.82) is 0 Å². The second kappa shape index (κ2) is 4.19. The maximum atomic E-state index is 10.7. The molecule has 0 saturated carbocycles. The zero-order valence-electron chi connectivity index (χ0n) is 9.34. The first-order valence-electron chi connectivity index (χ1n) is 5.24. The zero-order valence-corrected chi connectivity index (χ0v) is 9.34. The fraction of sp³-hybridized carbons (Fsp3) is 0.455. The number of aryl methyl sites for hydroxylation is 1. The quantitative estimate of drug-likeness (QED) is 0.445. The van der Waals surface area contributed by atoms with Crippen LogP contribution in [0.15, 0.2) is 18.2 Å². The summed E-state index contributed by atoms with van der Waals surface area (Å²) in [5.41, 5.74) is 1.79. The van der Waals surface area contributed by atoms with Crippen LogP contribution in [0.25, 0.3) is 0 Å². The molecule has 86 valence electrons. The maximum absolute atomic E-state index is 10.7. The molecule has 0 aromatic heterocycles. The molecule has 0 radical (unpaired) electrons. The van der Waals surface area contributed by atoms with Crippen LogP contribution in [0.4, 0.5) is 5.69 Å². The number of nitrogens with zero attached hydrogens (tertiary/aromatic N) is 2. The summed E-state index contributed by atoms with van der Waals surface area (Å²) in [5.74, 6) is 0. The molecule has 1 saturated heterocycles. The first-order valence-corrected chi connectivity index (χ1v) is 5.24. The van der Waals surface area contributed by atoms with E-state index in [1.807, 2.05) is 18.1 Å². The number of nitro benzene ring substituents is 1. The van der Waals surface area contributed by atoms with Gasteiger partial charge in [-0.2, -0.15) is 5.06 Å². The van der Waals surface area contributed by atoms with Crippen molar-refractivity contribution in [1.82, 2.24) is 5.06 Å². The summed E-state index contributed by atoms with van der Waals surface area (Å²) < 4.78 is 0. The van der Waals surface area contributed by atoms with Gasteiger partial charge >= 0.3 is 0 Å². The van der Waals surface area contributed by atoms with Crippen molar-refractivity contribution in [2.75, 3.05) is 13.1 Å². The minimum absolute atomic E-state index is 0.0537. The van der Waals surface area contributed by atoms with Crippen LogP contribution >= 0.6 is 0 Å². The molecule has 1 unspecified atom stereocenters. The SMILES string of the molecule is Cc1cc(C(C)ON2CC2)ccc1[N+](=O)[O-]. The molecule has 1 fully saturated rings.